The molecule has 0 atom stereocenters. The lowest BCUT2D eigenvalue weighted by atomic mass is 9.86. The minimum absolute atomic E-state index is 0.0184. The number of carbonyl (C=O) groups is 1. The molecule has 1 N–H and O–H groups in total. The molecule has 7 nitrogen and oxygen atoms in total. The molecule has 3 aromatic rings. The van der Waals surface area contributed by atoms with Gasteiger partial charge in [0, 0.05) is 23.7 Å². The number of hydrogen-bond donors (Lipinski definition) is 1. The molecule has 2 aliphatic rings. The van der Waals surface area contributed by atoms with Gasteiger partial charge in [0.25, 0.3) is 11.5 Å². The minimum Gasteiger partial charge on any atom is -0.349 e. The number of aromatic nitrogens is 3. The van der Waals surface area contributed by atoms with Gasteiger partial charge in [0.05, 0.1) is 11.6 Å². The van der Waals surface area contributed by atoms with Crippen LogP contribution in [0.4, 0.5) is 4.39 Å². The number of carbonyl (C=O) groups excluding carboxylic acids is 1. The summed E-state index contributed by atoms with van der Waals surface area (Å²) in [7, 11) is 0. The summed E-state index contributed by atoms with van der Waals surface area (Å²) in [6.07, 6.45) is 5.17. The fourth-order valence-corrected chi connectivity index (χ4v) is 6.75. The molecule has 1 aromatic carbocycles. The molecule has 0 radical (unpaired) electrons. The van der Waals surface area contributed by atoms with E-state index in [0.717, 1.165) is 30.5 Å². The Kier molecular flexibility index (Phi) is 7.49. The Balaban J connectivity index is 1.36. The Labute approximate surface area is 225 Å². The first-order valence-electron chi connectivity index (χ1n) is 13.4. The van der Waals surface area contributed by atoms with E-state index in [0.29, 0.717) is 31.2 Å². The molecule has 0 spiro atoms. The van der Waals surface area contributed by atoms with Crippen molar-refractivity contribution >= 4 is 28.7 Å². The van der Waals surface area contributed by atoms with E-state index in [-0.39, 0.29) is 46.2 Å². The summed E-state index contributed by atoms with van der Waals surface area (Å²) in [5.41, 5.74) is 1.24. The predicted molar refractivity (Wildman–Crippen MR) is 150 cm³/mol. The summed E-state index contributed by atoms with van der Waals surface area (Å²) >= 11 is 1.85. The van der Waals surface area contributed by atoms with Gasteiger partial charge in [-0.1, -0.05) is 32.9 Å². The van der Waals surface area contributed by atoms with Crippen LogP contribution in [0.2, 0.25) is 0 Å². The molecule has 2 fully saturated rings. The van der Waals surface area contributed by atoms with Crippen molar-refractivity contribution < 1.29 is 9.18 Å². The highest BCUT2D eigenvalue weighted by atomic mass is 32.2. The van der Waals surface area contributed by atoms with E-state index in [1.54, 1.807) is 4.57 Å². The normalized spacial score (nSPS) is 20.9. The molecule has 5 rings (SSSR count). The average Bonchev–Trinajstić information content (AvgIpc) is 2.90. The topological polar surface area (TPSA) is 86.0 Å². The van der Waals surface area contributed by atoms with Crippen molar-refractivity contribution in [2.45, 2.75) is 82.8 Å². The molecule has 1 amide bonds. The predicted octanol–water partition coefficient (Wildman–Crippen LogP) is 4.98. The van der Waals surface area contributed by atoms with Gasteiger partial charge in [-0.3, -0.25) is 18.7 Å². The van der Waals surface area contributed by atoms with E-state index in [1.807, 2.05) is 36.0 Å². The molecular weight excluding hydrogens is 503 g/mol. The second kappa shape index (κ2) is 10.7. The van der Waals surface area contributed by atoms with Crippen molar-refractivity contribution in [1.82, 2.24) is 19.4 Å². The van der Waals surface area contributed by atoms with Crippen molar-refractivity contribution in [3.8, 4) is 0 Å². The molecule has 1 saturated heterocycles. The minimum atomic E-state index is -0.590. The number of nitrogens with zero attached hydrogens (tertiary/aromatic N) is 3. The maximum absolute atomic E-state index is 14.1. The van der Waals surface area contributed by atoms with Crippen LogP contribution in [0.5, 0.6) is 0 Å². The summed E-state index contributed by atoms with van der Waals surface area (Å²) in [5.74, 6) is 1.16. The fourth-order valence-electron chi connectivity index (χ4n) is 5.67. The largest absolute Gasteiger partial charge is 0.349 e. The monoisotopic (exact) mass is 538 g/mol. The summed E-state index contributed by atoms with van der Waals surface area (Å²) in [6.45, 7) is 6.41. The third-order valence-electron chi connectivity index (χ3n) is 7.89. The standard InChI is InChI=1S/C29H35FN4O3S/c1-29(2,3)19-6-4-18(5-7-19)26(35)32-21-8-10-22(11-9-21)34-27(36)24-16-20(30)17-31-25(24)33(28(34)37)23-12-14-38-15-13-23/h4-7,16-17,21-23H,8-15H2,1-3H3,(H,32,35)/t21-,22+. The Morgan fingerprint density at radius 3 is 2.24 bits per heavy atom. The van der Waals surface area contributed by atoms with Crippen molar-refractivity contribution in [1.29, 1.82) is 0 Å². The zero-order chi connectivity index (χ0) is 27.0. The number of hydrogen-bond acceptors (Lipinski definition) is 5. The number of halogens is 1. The molecule has 1 saturated carbocycles. The van der Waals surface area contributed by atoms with E-state index in [2.05, 4.69) is 31.1 Å². The summed E-state index contributed by atoms with van der Waals surface area (Å²) in [4.78, 5) is 44.2. The van der Waals surface area contributed by atoms with Crippen LogP contribution in [0.15, 0.2) is 46.1 Å². The van der Waals surface area contributed by atoms with Gasteiger partial charge in [-0.2, -0.15) is 11.8 Å². The quantitative estimate of drug-likeness (QED) is 0.507. The molecule has 38 heavy (non-hydrogen) atoms. The molecule has 0 bridgehead atoms. The number of thioether (sulfide) groups is 1. The summed E-state index contributed by atoms with van der Waals surface area (Å²) in [5, 5.41) is 3.27. The van der Waals surface area contributed by atoms with Gasteiger partial charge in [-0.05, 0) is 79.2 Å². The van der Waals surface area contributed by atoms with Crippen LogP contribution in [0.25, 0.3) is 11.0 Å². The van der Waals surface area contributed by atoms with Crippen LogP contribution >= 0.6 is 11.8 Å². The van der Waals surface area contributed by atoms with E-state index >= 15 is 0 Å². The second-order valence-electron chi connectivity index (χ2n) is 11.5. The van der Waals surface area contributed by atoms with Gasteiger partial charge in [-0.25, -0.2) is 14.2 Å². The van der Waals surface area contributed by atoms with E-state index in [4.69, 9.17) is 0 Å². The number of fused-ring (bicyclic) bond motifs is 1. The average molecular weight is 539 g/mol. The molecule has 9 heteroatoms. The lowest BCUT2D eigenvalue weighted by Crippen LogP contribution is -2.46. The first kappa shape index (κ1) is 26.7. The van der Waals surface area contributed by atoms with Crippen LogP contribution in [0, 0.1) is 5.82 Å². The van der Waals surface area contributed by atoms with E-state index < -0.39 is 11.4 Å². The van der Waals surface area contributed by atoms with Gasteiger partial charge in [0.1, 0.15) is 11.5 Å². The van der Waals surface area contributed by atoms with Crippen molar-refractivity contribution in [2.75, 3.05) is 11.5 Å². The summed E-state index contributed by atoms with van der Waals surface area (Å²) < 4.78 is 17.1. The zero-order valence-corrected chi connectivity index (χ0v) is 23.0. The SMILES string of the molecule is CC(C)(C)c1ccc(C(=O)N[C@H]2CC[C@@H](n3c(=O)c4cc(F)cnc4n(C4CCSCC4)c3=O)CC2)cc1. The van der Waals surface area contributed by atoms with E-state index in [9.17, 15) is 18.8 Å². The van der Waals surface area contributed by atoms with Crippen molar-refractivity contribution in [3.63, 3.8) is 0 Å². The number of amides is 1. The van der Waals surface area contributed by atoms with Crippen molar-refractivity contribution in [3.05, 3.63) is 74.3 Å². The van der Waals surface area contributed by atoms with Gasteiger partial charge in [0.2, 0.25) is 0 Å². The zero-order valence-electron chi connectivity index (χ0n) is 22.2. The highest BCUT2D eigenvalue weighted by Crippen LogP contribution is 2.30. The fraction of sp³-hybridized carbons (Fsp3) is 0.517. The van der Waals surface area contributed by atoms with Gasteiger partial charge < -0.3 is 5.32 Å². The number of nitrogens with one attached hydrogen (secondary N) is 1. The number of rotatable bonds is 4. The molecule has 0 unspecified atom stereocenters. The van der Waals surface area contributed by atoms with Gasteiger partial charge in [-0.15, -0.1) is 0 Å². The molecule has 2 aromatic heterocycles. The Morgan fingerprint density at radius 2 is 1.61 bits per heavy atom. The Hall–Kier alpha value is -2.94. The van der Waals surface area contributed by atoms with E-state index in [1.165, 1.54) is 16.2 Å². The highest BCUT2D eigenvalue weighted by molar-refractivity contribution is 7.99. The van der Waals surface area contributed by atoms with Gasteiger partial charge >= 0.3 is 5.69 Å². The first-order valence-corrected chi connectivity index (χ1v) is 14.6. The van der Waals surface area contributed by atoms with Crippen LogP contribution in [0.1, 0.15) is 87.3 Å². The Bertz CT molecular complexity index is 1440. The third-order valence-corrected chi connectivity index (χ3v) is 8.94. The number of pyridine rings is 1. The highest BCUT2D eigenvalue weighted by Gasteiger charge is 2.30. The summed E-state index contributed by atoms with van der Waals surface area (Å²) in [6, 6.07) is 8.50. The smallest absolute Gasteiger partial charge is 0.333 e. The lowest BCUT2D eigenvalue weighted by Gasteiger charge is -2.31. The first-order chi connectivity index (χ1) is 18.1. The van der Waals surface area contributed by atoms with Crippen LogP contribution in [-0.2, 0) is 5.41 Å². The molecular formula is C29H35FN4O3S. The molecule has 1 aliphatic heterocycles. The molecule has 1 aliphatic carbocycles. The van der Waals surface area contributed by atoms with Gasteiger partial charge in [0.15, 0.2) is 0 Å². The van der Waals surface area contributed by atoms with Crippen LogP contribution in [0.3, 0.4) is 0 Å². The Morgan fingerprint density at radius 1 is 0.974 bits per heavy atom. The molecule has 202 valence electrons. The number of benzene rings is 1. The second-order valence-corrected chi connectivity index (χ2v) is 12.7. The third kappa shape index (κ3) is 5.30. The maximum atomic E-state index is 14.1. The lowest BCUT2D eigenvalue weighted by molar-refractivity contribution is 0.0921. The van der Waals surface area contributed by atoms with Crippen LogP contribution in [-0.4, -0.2) is 37.6 Å². The van der Waals surface area contributed by atoms with Crippen molar-refractivity contribution in [2.24, 2.45) is 0 Å². The maximum Gasteiger partial charge on any atom is 0.333 e. The van der Waals surface area contributed by atoms with Crippen LogP contribution < -0.4 is 16.6 Å². The molecule has 3 heterocycles.